The number of sulfonamides is 1. The predicted molar refractivity (Wildman–Crippen MR) is 86.2 cm³/mol. The van der Waals surface area contributed by atoms with Crippen LogP contribution in [0.25, 0.3) is 0 Å². The van der Waals surface area contributed by atoms with Crippen molar-refractivity contribution in [3.05, 3.63) is 54.1 Å². The lowest BCUT2D eigenvalue weighted by Crippen LogP contribution is -2.13. The largest absolute Gasteiger partial charge is 0.497 e. The number of methoxy groups -OCH3 is 1. The SMILES string of the molecule is CCOC(=O)c1ccc(NS(=O)(=O)c2ccc(OC)cc2)cc1. The van der Waals surface area contributed by atoms with Crippen molar-refractivity contribution in [2.75, 3.05) is 18.4 Å². The van der Waals surface area contributed by atoms with Gasteiger partial charge >= 0.3 is 5.97 Å². The molecule has 1 N–H and O–H groups in total. The molecule has 6 nitrogen and oxygen atoms in total. The summed E-state index contributed by atoms with van der Waals surface area (Å²) in [5.41, 5.74) is 0.716. The highest BCUT2D eigenvalue weighted by Crippen LogP contribution is 2.19. The molecule has 0 amide bonds. The third-order valence-electron chi connectivity index (χ3n) is 3.02. The van der Waals surface area contributed by atoms with Gasteiger partial charge in [0.15, 0.2) is 0 Å². The maximum absolute atomic E-state index is 12.3. The van der Waals surface area contributed by atoms with Gasteiger partial charge in [0.05, 0.1) is 24.2 Å². The minimum atomic E-state index is -3.70. The molecule has 0 bridgehead atoms. The summed E-state index contributed by atoms with van der Waals surface area (Å²) in [6.45, 7) is 2.00. The first-order valence-corrected chi connectivity index (χ1v) is 8.38. The minimum Gasteiger partial charge on any atom is -0.497 e. The minimum absolute atomic E-state index is 0.118. The number of benzene rings is 2. The first kappa shape index (κ1) is 16.8. The molecule has 0 saturated heterocycles. The third-order valence-corrected chi connectivity index (χ3v) is 4.42. The predicted octanol–water partition coefficient (Wildman–Crippen LogP) is 2.67. The zero-order chi connectivity index (χ0) is 16.9. The second-order valence-corrected chi connectivity index (χ2v) is 6.26. The highest BCUT2D eigenvalue weighted by molar-refractivity contribution is 7.92. The quantitative estimate of drug-likeness (QED) is 0.821. The summed E-state index contributed by atoms with van der Waals surface area (Å²) < 4.78 is 36.9. The Morgan fingerprint density at radius 3 is 2.17 bits per heavy atom. The molecule has 0 atom stereocenters. The highest BCUT2D eigenvalue weighted by atomic mass is 32.2. The van der Waals surface area contributed by atoms with Crippen molar-refractivity contribution in [3.63, 3.8) is 0 Å². The van der Waals surface area contributed by atoms with Gasteiger partial charge in [0, 0.05) is 5.69 Å². The summed E-state index contributed by atoms with van der Waals surface area (Å²) in [6.07, 6.45) is 0. The summed E-state index contributed by atoms with van der Waals surface area (Å²) in [4.78, 5) is 11.7. The fourth-order valence-electron chi connectivity index (χ4n) is 1.86. The maximum atomic E-state index is 12.3. The summed E-state index contributed by atoms with van der Waals surface area (Å²) in [5, 5.41) is 0. The van der Waals surface area contributed by atoms with E-state index in [-0.39, 0.29) is 11.5 Å². The molecule has 2 aromatic rings. The van der Waals surface area contributed by atoms with Crippen molar-refractivity contribution in [1.29, 1.82) is 0 Å². The van der Waals surface area contributed by atoms with Crippen molar-refractivity contribution < 1.29 is 22.7 Å². The van der Waals surface area contributed by atoms with E-state index in [0.29, 0.717) is 17.0 Å². The van der Waals surface area contributed by atoms with Gasteiger partial charge in [-0.05, 0) is 55.5 Å². The van der Waals surface area contributed by atoms with Crippen molar-refractivity contribution in [1.82, 2.24) is 0 Å². The number of ether oxygens (including phenoxy) is 2. The Labute approximate surface area is 135 Å². The summed E-state index contributed by atoms with van der Waals surface area (Å²) in [6, 6.07) is 12.1. The number of hydrogen-bond acceptors (Lipinski definition) is 5. The van der Waals surface area contributed by atoms with Gasteiger partial charge < -0.3 is 9.47 Å². The van der Waals surface area contributed by atoms with Gasteiger partial charge in [0.25, 0.3) is 10.0 Å². The molecule has 0 aromatic heterocycles. The van der Waals surface area contributed by atoms with Crippen molar-refractivity contribution >= 4 is 21.7 Å². The molecule has 0 radical (unpaired) electrons. The van der Waals surface area contributed by atoms with Crippen molar-refractivity contribution in [3.8, 4) is 5.75 Å². The fourth-order valence-corrected chi connectivity index (χ4v) is 2.92. The monoisotopic (exact) mass is 335 g/mol. The molecule has 122 valence electrons. The normalized spacial score (nSPS) is 10.9. The van der Waals surface area contributed by atoms with E-state index in [1.807, 2.05) is 0 Å². The van der Waals surface area contributed by atoms with E-state index in [1.165, 1.54) is 43.5 Å². The van der Waals surface area contributed by atoms with Crippen LogP contribution in [0.5, 0.6) is 5.75 Å². The van der Waals surface area contributed by atoms with E-state index in [2.05, 4.69) is 4.72 Å². The van der Waals surface area contributed by atoms with Crippen LogP contribution in [0.1, 0.15) is 17.3 Å². The maximum Gasteiger partial charge on any atom is 0.338 e. The lowest BCUT2D eigenvalue weighted by atomic mass is 10.2. The van der Waals surface area contributed by atoms with E-state index in [1.54, 1.807) is 19.1 Å². The second-order valence-electron chi connectivity index (χ2n) is 4.58. The Morgan fingerprint density at radius 1 is 1.04 bits per heavy atom. The topological polar surface area (TPSA) is 81.7 Å². The van der Waals surface area contributed by atoms with Crippen LogP contribution in [-0.2, 0) is 14.8 Å². The molecule has 0 unspecified atom stereocenters. The molecule has 2 aromatic carbocycles. The van der Waals surface area contributed by atoms with Crippen LogP contribution in [-0.4, -0.2) is 28.1 Å². The Kier molecular flexibility index (Phi) is 5.23. The summed E-state index contributed by atoms with van der Waals surface area (Å²) in [5.74, 6) is 0.125. The van der Waals surface area contributed by atoms with Gasteiger partial charge in [0.2, 0.25) is 0 Å². The number of esters is 1. The Bertz CT molecular complexity index is 767. The Balaban J connectivity index is 2.15. The third kappa shape index (κ3) is 4.23. The van der Waals surface area contributed by atoms with E-state index < -0.39 is 16.0 Å². The van der Waals surface area contributed by atoms with Crippen LogP contribution in [0.3, 0.4) is 0 Å². The summed E-state index contributed by atoms with van der Waals surface area (Å²) in [7, 11) is -2.20. The fraction of sp³-hybridized carbons (Fsp3) is 0.188. The van der Waals surface area contributed by atoms with Gasteiger partial charge in [-0.3, -0.25) is 4.72 Å². The van der Waals surface area contributed by atoms with E-state index >= 15 is 0 Å². The van der Waals surface area contributed by atoms with Gasteiger partial charge in [-0.15, -0.1) is 0 Å². The number of nitrogens with one attached hydrogen (secondary N) is 1. The molecule has 2 rings (SSSR count). The number of anilines is 1. The zero-order valence-corrected chi connectivity index (χ0v) is 13.6. The van der Waals surface area contributed by atoms with Crippen molar-refractivity contribution in [2.45, 2.75) is 11.8 Å². The average Bonchev–Trinajstić information content (AvgIpc) is 2.55. The van der Waals surface area contributed by atoms with Crippen LogP contribution in [0.15, 0.2) is 53.4 Å². The number of rotatable bonds is 6. The lowest BCUT2D eigenvalue weighted by molar-refractivity contribution is 0.0526. The zero-order valence-electron chi connectivity index (χ0n) is 12.8. The van der Waals surface area contributed by atoms with Gasteiger partial charge in [0.1, 0.15) is 5.75 Å². The lowest BCUT2D eigenvalue weighted by Gasteiger charge is -2.09. The molecule has 0 fully saturated rings. The molecule has 0 aliphatic heterocycles. The van der Waals surface area contributed by atoms with E-state index in [0.717, 1.165) is 0 Å². The van der Waals surface area contributed by atoms with Gasteiger partial charge in [-0.25, -0.2) is 13.2 Å². The molecule has 0 spiro atoms. The molecule has 0 aliphatic rings. The molecule has 0 saturated carbocycles. The van der Waals surface area contributed by atoms with E-state index in [9.17, 15) is 13.2 Å². The molecular weight excluding hydrogens is 318 g/mol. The van der Waals surface area contributed by atoms with Gasteiger partial charge in [-0.2, -0.15) is 0 Å². The van der Waals surface area contributed by atoms with Crippen LogP contribution in [0.2, 0.25) is 0 Å². The van der Waals surface area contributed by atoms with Crippen molar-refractivity contribution in [2.24, 2.45) is 0 Å². The second kappa shape index (κ2) is 7.15. The summed E-state index contributed by atoms with van der Waals surface area (Å²) >= 11 is 0. The Hall–Kier alpha value is -2.54. The number of carbonyl (C=O) groups excluding carboxylic acids is 1. The average molecular weight is 335 g/mol. The molecule has 0 aliphatic carbocycles. The smallest absolute Gasteiger partial charge is 0.338 e. The Morgan fingerprint density at radius 2 is 1.65 bits per heavy atom. The first-order chi connectivity index (χ1) is 11.0. The first-order valence-electron chi connectivity index (χ1n) is 6.90. The number of carbonyl (C=O) groups is 1. The van der Waals surface area contributed by atoms with Gasteiger partial charge in [-0.1, -0.05) is 0 Å². The molecule has 7 heteroatoms. The standard InChI is InChI=1S/C16H17NO5S/c1-3-22-16(18)12-4-6-13(7-5-12)17-23(19,20)15-10-8-14(21-2)9-11-15/h4-11,17H,3H2,1-2H3. The number of hydrogen-bond donors (Lipinski definition) is 1. The van der Waals surface area contributed by atoms with Crippen LogP contribution < -0.4 is 9.46 Å². The molecular formula is C16H17NO5S. The van der Waals surface area contributed by atoms with Crippen LogP contribution in [0.4, 0.5) is 5.69 Å². The molecule has 23 heavy (non-hydrogen) atoms. The van der Waals surface area contributed by atoms with E-state index in [4.69, 9.17) is 9.47 Å². The van der Waals surface area contributed by atoms with Crippen LogP contribution >= 0.6 is 0 Å². The van der Waals surface area contributed by atoms with Crippen LogP contribution in [0, 0.1) is 0 Å². The molecule has 0 heterocycles. The highest BCUT2D eigenvalue weighted by Gasteiger charge is 2.14.